The summed E-state index contributed by atoms with van der Waals surface area (Å²) in [6.07, 6.45) is 4.20. The number of anilines is 3. The summed E-state index contributed by atoms with van der Waals surface area (Å²) in [5.41, 5.74) is 1.46. The van der Waals surface area contributed by atoms with E-state index in [2.05, 4.69) is 20.5 Å². The molecule has 3 heterocycles. The summed E-state index contributed by atoms with van der Waals surface area (Å²) in [7, 11) is 0. The predicted molar refractivity (Wildman–Crippen MR) is 104 cm³/mol. The number of carbonyl (C=O) groups is 2. The minimum Gasteiger partial charge on any atom is -0.357 e. The van der Waals surface area contributed by atoms with Gasteiger partial charge in [0.05, 0.1) is 22.8 Å². The molecular formula is C19H20N4O2S. The van der Waals surface area contributed by atoms with Gasteiger partial charge in [0, 0.05) is 24.4 Å². The quantitative estimate of drug-likeness (QED) is 0.867. The molecule has 4 rings (SSSR count). The third kappa shape index (κ3) is 3.67. The third-order valence-electron chi connectivity index (χ3n) is 4.54. The summed E-state index contributed by atoms with van der Waals surface area (Å²) in [6, 6.07) is 11.4. The van der Waals surface area contributed by atoms with Crippen molar-refractivity contribution in [1.82, 2.24) is 4.98 Å². The van der Waals surface area contributed by atoms with Gasteiger partial charge in [0.2, 0.25) is 11.8 Å². The lowest BCUT2D eigenvalue weighted by Gasteiger charge is -2.23. The Morgan fingerprint density at radius 1 is 1.23 bits per heavy atom. The number of rotatable bonds is 4. The lowest BCUT2D eigenvalue weighted by Crippen LogP contribution is -2.32. The van der Waals surface area contributed by atoms with E-state index in [1.807, 2.05) is 36.4 Å². The largest absolute Gasteiger partial charge is 0.357 e. The fourth-order valence-corrected chi connectivity index (χ4v) is 4.31. The first-order chi connectivity index (χ1) is 12.7. The minimum absolute atomic E-state index is 0.124. The lowest BCUT2D eigenvalue weighted by molar-refractivity contribution is -0.120. The molecule has 0 saturated carbocycles. The zero-order valence-electron chi connectivity index (χ0n) is 14.3. The van der Waals surface area contributed by atoms with Crippen LogP contribution in [0.4, 0.5) is 17.2 Å². The van der Waals surface area contributed by atoms with Crippen molar-refractivity contribution >= 4 is 40.8 Å². The number of para-hydroxylation sites is 1. The highest BCUT2D eigenvalue weighted by Gasteiger charge is 2.28. The molecule has 0 spiro atoms. The molecule has 2 amide bonds. The molecule has 1 saturated heterocycles. The van der Waals surface area contributed by atoms with Gasteiger partial charge in [-0.25, -0.2) is 4.98 Å². The van der Waals surface area contributed by atoms with Crippen LogP contribution in [0.2, 0.25) is 0 Å². The first-order valence-electron chi connectivity index (χ1n) is 8.76. The normalized spacial score (nSPS) is 19.0. The van der Waals surface area contributed by atoms with E-state index >= 15 is 0 Å². The third-order valence-corrected chi connectivity index (χ3v) is 5.81. The van der Waals surface area contributed by atoms with Crippen LogP contribution in [0.25, 0.3) is 0 Å². The summed E-state index contributed by atoms with van der Waals surface area (Å²) >= 11 is 1.43. The van der Waals surface area contributed by atoms with Crippen molar-refractivity contribution in [3.63, 3.8) is 0 Å². The number of hydrogen-bond acceptors (Lipinski definition) is 5. The maximum atomic E-state index is 12.3. The molecule has 2 aliphatic rings. The molecular weight excluding hydrogens is 348 g/mol. The lowest BCUT2D eigenvalue weighted by atomic mass is 10.2. The average molecular weight is 368 g/mol. The Bertz CT molecular complexity index is 819. The Labute approximate surface area is 156 Å². The molecule has 1 fully saturated rings. The van der Waals surface area contributed by atoms with Crippen molar-refractivity contribution in [3.05, 3.63) is 42.6 Å². The van der Waals surface area contributed by atoms with Gasteiger partial charge in [-0.15, -0.1) is 11.8 Å². The smallest absolute Gasteiger partial charge is 0.238 e. The molecule has 7 heteroatoms. The fraction of sp³-hybridized carbons (Fsp3) is 0.316. The number of nitrogens with zero attached hydrogens (tertiary/aromatic N) is 2. The van der Waals surface area contributed by atoms with Crippen LogP contribution >= 0.6 is 11.8 Å². The van der Waals surface area contributed by atoms with Crippen LogP contribution in [-0.2, 0) is 9.59 Å². The molecule has 0 unspecified atom stereocenters. The van der Waals surface area contributed by atoms with E-state index in [1.165, 1.54) is 24.6 Å². The van der Waals surface area contributed by atoms with E-state index in [4.69, 9.17) is 0 Å². The van der Waals surface area contributed by atoms with Crippen LogP contribution in [0.5, 0.6) is 0 Å². The monoisotopic (exact) mass is 368 g/mol. The van der Waals surface area contributed by atoms with Gasteiger partial charge in [-0.1, -0.05) is 12.1 Å². The van der Waals surface area contributed by atoms with Crippen molar-refractivity contribution in [2.75, 3.05) is 28.6 Å². The first-order valence-corrected chi connectivity index (χ1v) is 9.64. The Kier molecular flexibility index (Phi) is 4.79. The number of nitrogens with one attached hydrogen (secondary N) is 2. The molecule has 2 aromatic rings. The Hall–Kier alpha value is -2.54. The van der Waals surface area contributed by atoms with Crippen LogP contribution in [0.1, 0.15) is 19.3 Å². The zero-order valence-corrected chi connectivity index (χ0v) is 15.1. The number of benzene rings is 1. The van der Waals surface area contributed by atoms with Crippen LogP contribution in [0.15, 0.2) is 47.5 Å². The van der Waals surface area contributed by atoms with E-state index in [-0.39, 0.29) is 18.2 Å². The predicted octanol–water partition coefficient (Wildman–Crippen LogP) is 3.12. The molecule has 0 radical (unpaired) electrons. The maximum absolute atomic E-state index is 12.3. The standard InChI is InChI=1S/C19H20N4O2S/c24-18(11-16-19(25)22-14-5-1-2-6-15(14)26-16)21-13-7-8-17(20-12-13)23-9-3-4-10-23/h1-2,5-8,12,16H,3-4,9-11H2,(H,21,24)(H,22,25)/t16-/m0/s1. The number of aromatic nitrogens is 1. The Balaban J connectivity index is 1.36. The Morgan fingerprint density at radius 2 is 2.04 bits per heavy atom. The second kappa shape index (κ2) is 7.37. The molecule has 134 valence electrons. The van der Waals surface area contributed by atoms with Crippen LogP contribution in [0, 0.1) is 0 Å². The topological polar surface area (TPSA) is 74.3 Å². The van der Waals surface area contributed by atoms with E-state index in [9.17, 15) is 9.59 Å². The summed E-state index contributed by atoms with van der Waals surface area (Å²) in [5, 5.41) is 5.27. The van der Waals surface area contributed by atoms with E-state index in [0.717, 1.165) is 29.5 Å². The van der Waals surface area contributed by atoms with E-state index in [0.29, 0.717) is 5.69 Å². The molecule has 1 aromatic carbocycles. The second-order valence-corrected chi connectivity index (χ2v) is 7.69. The van der Waals surface area contributed by atoms with Crippen LogP contribution in [0.3, 0.4) is 0 Å². The molecule has 2 aliphatic heterocycles. The van der Waals surface area contributed by atoms with Crippen LogP contribution in [-0.4, -0.2) is 35.1 Å². The molecule has 6 nitrogen and oxygen atoms in total. The highest BCUT2D eigenvalue weighted by atomic mass is 32.2. The molecule has 0 bridgehead atoms. The van der Waals surface area contributed by atoms with Crippen molar-refractivity contribution in [3.8, 4) is 0 Å². The number of amides is 2. The molecule has 1 aromatic heterocycles. The van der Waals surface area contributed by atoms with Gasteiger partial charge in [-0.05, 0) is 37.1 Å². The maximum Gasteiger partial charge on any atom is 0.238 e. The summed E-state index contributed by atoms with van der Waals surface area (Å²) in [5.74, 6) is 0.624. The van der Waals surface area contributed by atoms with Crippen molar-refractivity contribution in [2.45, 2.75) is 29.4 Å². The van der Waals surface area contributed by atoms with Crippen molar-refractivity contribution < 1.29 is 9.59 Å². The number of fused-ring (bicyclic) bond motifs is 1. The highest BCUT2D eigenvalue weighted by molar-refractivity contribution is 8.01. The molecule has 1 atom stereocenters. The zero-order chi connectivity index (χ0) is 17.9. The SMILES string of the molecule is O=C(C[C@@H]1Sc2ccccc2NC1=O)Nc1ccc(N2CCCC2)nc1. The van der Waals surface area contributed by atoms with Crippen molar-refractivity contribution in [2.24, 2.45) is 0 Å². The Morgan fingerprint density at radius 3 is 2.81 bits per heavy atom. The van der Waals surface area contributed by atoms with Gasteiger partial charge in [0.25, 0.3) is 0 Å². The fourth-order valence-electron chi connectivity index (χ4n) is 3.20. The average Bonchev–Trinajstić information content (AvgIpc) is 3.17. The molecule has 2 N–H and O–H groups in total. The van der Waals surface area contributed by atoms with E-state index < -0.39 is 5.25 Å². The van der Waals surface area contributed by atoms with Gasteiger partial charge in [-0.3, -0.25) is 9.59 Å². The van der Waals surface area contributed by atoms with Gasteiger partial charge >= 0.3 is 0 Å². The highest BCUT2D eigenvalue weighted by Crippen LogP contribution is 2.36. The number of thioether (sulfide) groups is 1. The summed E-state index contributed by atoms with van der Waals surface area (Å²) in [6.45, 7) is 2.07. The minimum atomic E-state index is -0.429. The first kappa shape index (κ1) is 16.9. The van der Waals surface area contributed by atoms with Gasteiger partial charge in [0.15, 0.2) is 0 Å². The summed E-state index contributed by atoms with van der Waals surface area (Å²) in [4.78, 5) is 32.2. The van der Waals surface area contributed by atoms with Gasteiger partial charge < -0.3 is 15.5 Å². The second-order valence-electron chi connectivity index (χ2n) is 6.44. The van der Waals surface area contributed by atoms with Gasteiger partial charge in [-0.2, -0.15) is 0 Å². The molecule has 0 aliphatic carbocycles. The number of hydrogen-bond donors (Lipinski definition) is 2. The van der Waals surface area contributed by atoms with Crippen molar-refractivity contribution in [1.29, 1.82) is 0 Å². The number of carbonyl (C=O) groups excluding carboxylic acids is 2. The van der Waals surface area contributed by atoms with Gasteiger partial charge in [0.1, 0.15) is 5.82 Å². The number of pyridine rings is 1. The van der Waals surface area contributed by atoms with E-state index in [1.54, 1.807) is 6.20 Å². The molecule has 26 heavy (non-hydrogen) atoms. The summed E-state index contributed by atoms with van der Waals surface area (Å²) < 4.78 is 0. The van der Waals surface area contributed by atoms with Crippen LogP contribution < -0.4 is 15.5 Å².